The molecule has 0 aliphatic rings. The Kier molecular flexibility index (Phi) is 7.05. The van der Waals surface area contributed by atoms with Crippen LogP contribution in [0, 0.1) is 20.8 Å². The second-order valence-electron chi connectivity index (χ2n) is 7.42. The van der Waals surface area contributed by atoms with Crippen LogP contribution in [0.3, 0.4) is 0 Å². The van der Waals surface area contributed by atoms with Crippen LogP contribution in [0.5, 0.6) is 11.5 Å². The van der Waals surface area contributed by atoms with Crippen molar-refractivity contribution >= 4 is 27.3 Å². The third-order valence-electron chi connectivity index (χ3n) is 4.77. The number of rotatable bonds is 8. The van der Waals surface area contributed by atoms with Gasteiger partial charge in [-0.3, -0.25) is 9.52 Å². The third-order valence-corrected chi connectivity index (χ3v) is 6.16. The van der Waals surface area contributed by atoms with Crippen LogP contribution in [0.15, 0.2) is 65.6 Å². The number of nitrogens with one attached hydrogen (secondary N) is 2. The molecule has 0 heterocycles. The topological polar surface area (TPSA) is 93.7 Å². The van der Waals surface area contributed by atoms with Crippen molar-refractivity contribution in [3.63, 3.8) is 0 Å². The maximum absolute atomic E-state index is 12.6. The van der Waals surface area contributed by atoms with Gasteiger partial charge in [-0.15, -0.1) is 0 Å². The van der Waals surface area contributed by atoms with Gasteiger partial charge in [0.1, 0.15) is 11.5 Å². The highest BCUT2D eigenvalue weighted by molar-refractivity contribution is 7.92. The lowest BCUT2D eigenvalue weighted by Gasteiger charge is -2.13. The van der Waals surface area contributed by atoms with E-state index in [1.165, 1.54) is 31.4 Å². The van der Waals surface area contributed by atoms with E-state index in [0.717, 1.165) is 22.4 Å². The molecule has 0 saturated heterocycles. The van der Waals surface area contributed by atoms with Gasteiger partial charge in [-0.1, -0.05) is 23.8 Å². The predicted molar refractivity (Wildman–Crippen MR) is 125 cm³/mol. The van der Waals surface area contributed by atoms with Crippen LogP contribution in [-0.2, 0) is 14.8 Å². The number of ether oxygens (including phenoxy) is 2. The molecule has 0 unspecified atom stereocenters. The van der Waals surface area contributed by atoms with E-state index >= 15 is 0 Å². The Morgan fingerprint density at radius 1 is 0.906 bits per heavy atom. The largest absolute Gasteiger partial charge is 0.497 e. The van der Waals surface area contributed by atoms with Crippen LogP contribution in [0.25, 0.3) is 0 Å². The van der Waals surface area contributed by atoms with Crippen LogP contribution >= 0.6 is 0 Å². The minimum atomic E-state index is -3.78. The summed E-state index contributed by atoms with van der Waals surface area (Å²) < 4.78 is 38.4. The third kappa shape index (κ3) is 5.79. The molecule has 0 fully saturated rings. The summed E-state index contributed by atoms with van der Waals surface area (Å²) in [6.45, 7) is 5.69. The smallest absolute Gasteiger partial charge is 0.262 e. The summed E-state index contributed by atoms with van der Waals surface area (Å²) in [5.74, 6) is 0.637. The molecule has 0 radical (unpaired) electrons. The molecule has 0 bridgehead atoms. The van der Waals surface area contributed by atoms with Gasteiger partial charge in [-0.2, -0.15) is 0 Å². The molecule has 3 aromatic carbocycles. The van der Waals surface area contributed by atoms with E-state index in [9.17, 15) is 13.2 Å². The number of hydrogen-bond acceptors (Lipinski definition) is 5. The Balaban J connectivity index is 1.61. The maximum Gasteiger partial charge on any atom is 0.262 e. The van der Waals surface area contributed by atoms with Gasteiger partial charge >= 0.3 is 0 Å². The Hall–Kier alpha value is -3.52. The summed E-state index contributed by atoms with van der Waals surface area (Å²) in [5.41, 5.74) is 4.25. The minimum Gasteiger partial charge on any atom is -0.497 e. The highest BCUT2D eigenvalue weighted by atomic mass is 32.2. The minimum absolute atomic E-state index is 0.0722. The second-order valence-corrected chi connectivity index (χ2v) is 9.10. The summed E-state index contributed by atoms with van der Waals surface area (Å²) in [6.07, 6.45) is 0. The van der Waals surface area contributed by atoms with Crippen molar-refractivity contribution < 1.29 is 22.7 Å². The van der Waals surface area contributed by atoms with Gasteiger partial charge in [0.25, 0.3) is 15.9 Å². The number of carbonyl (C=O) groups excluding carboxylic acids is 1. The SMILES string of the molecule is COc1cccc(NS(=O)(=O)c2ccc(OCC(=O)Nc3c(C)cc(C)cc3C)cc2)c1. The molecule has 0 spiro atoms. The van der Waals surface area contributed by atoms with Crippen molar-refractivity contribution in [3.05, 3.63) is 77.4 Å². The van der Waals surface area contributed by atoms with Crippen molar-refractivity contribution in [1.29, 1.82) is 0 Å². The fourth-order valence-electron chi connectivity index (χ4n) is 3.32. The lowest BCUT2D eigenvalue weighted by atomic mass is 10.1. The lowest BCUT2D eigenvalue weighted by Crippen LogP contribution is -2.21. The Bertz CT molecular complexity index is 1200. The molecule has 2 N–H and O–H groups in total. The van der Waals surface area contributed by atoms with Gasteiger partial charge in [-0.05, 0) is 68.3 Å². The molecule has 1 amide bonds. The van der Waals surface area contributed by atoms with Crippen molar-refractivity contribution in [3.8, 4) is 11.5 Å². The zero-order chi connectivity index (χ0) is 23.3. The van der Waals surface area contributed by atoms with Crippen LogP contribution in [0.1, 0.15) is 16.7 Å². The molecule has 0 atom stereocenters. The molecule has 3 rings (SSSR count). The number of amides is 1. The van der Waals surface area contributed by atoms with E-state index in [1.54, 1.807) is 24.3 Å². The number of hydrogen-bond donors (Lipinski definition) is 2. The first-order chi connectivity index (χ1) is 15.2. The van der Waals surface area contributed by atoms with Crippen LogP contribution in [-0.4, -0.2) is 28.0 Å². The predicted octanol–water partition coefficient (Wildman–Crippen LogP) is 4.44. The molecule has 32 heavy (non-hydrogen) atoms. The summed E-state index contributed by atoms with van der Waals surface area (Å²) in [7, 11) is -2.27. The molecular formula is C24H26N2O5S. The van der Waals surface area contributed by atoms with Crippen LogP contribution in [0.4, 0.5) is 11.4 Å². The Labute approximate surface area is 188 Å². The van der Waals surface area contributed by atoms with Crippen LogP contribution in [0.2, 0.25) is 0 Å². The molecule has 3 aromatic rings. The quantitative estimate of drug-likeness (QED) is 0.525. The standard InChI is InChI=1S/C24H26N2O5S/c1-16-12-17(2)24(18(3)13-16)25-23(27)15-31-20-8-10-22(11-9-20)32(28,29)26-19-6-5-7-21(14-19)30-4/h5-14,26H,15H2,1-4H3,(H,25,27). The van der Waals surface area contributed by atoms with Gasteiger partial charge in [0.15, 0.2) is 6.61 Å². The average Bonchev–Trinajstić information content (AvgIpc) is 2.75. The molecule has 0 aromatic heterocycles. The van der Waals surface area contributed by atoms with Gasteiger partial charge < -0.3 is 14.8 Å². The van der Waals surface area contributed by atoms with E-state index in [1.807, 2.05) is 32.9 Å². The first-order valence-corrected chi connectivity index (χ1v) is 11.4. The van der Waals surface area contributed by atoms with Crippen molar-refractivity contribution in [2.75, 3.05) is 23.8 Å². The van der Waals surface area contributed by atoms with Gasteiger partial charge in [0.2, 0.25) is 0 Å². The second kappa shape index (κ2) is 9.74. The van der Waals surface area contributed by atoms with E-state index in [0.29, 0.717) is 17.2 Å². The summed E-state index contributed by atoms with van der Waals surface area (Å²) >= 11 is 0. The Morgan fingerprint density at radius 2 is 1.56 bits per heavy atom. The van der Waals surface area contributed by atoms with E-state index < -0.39 is 10.0 Å². The monoisotopic (exact) mass is 454 g/mol. The first kappa shape index (κ1) is 23.1. The number of benzene rings is 3. The van der Waals surface area contributed by atoms with E-state index in [2.05, 4.69) is 10.0 Å². The molecule has 168 valence electrons. The van der Waals surface area contributed by atoms with Gasteiger partial charge in [0, 0.05) is 11.8 Å². The van der Waals surface area contributed by atoms with Crippen molar-refractivity contribution in [2.45, 2.75) is 25.7 Å². The lowest BCUT2D eigenvalue weighted by molar-refractivity contribution is -0.118. The highest BCUT2D eigenvalue weighted by Crippen LogP contribution is 2.23. The fraction of sp³-hybridized carbons (Fsp3) is 0.208. The molecular weight excluding hydrogens is 428 g/mol. The molecule has 7 nitrogen and oxygen atoms in total. The van der Waals surface area contributed by atoms with Crippen molar-refractivity contribution in [2.24, 2.45) is 0 Å². The summed E-state index contributed by atoms with van der Waals surface area (Å²) in [4.78, 5) is 12.4. The summed E-state index contributed by atoms with van der Waals surface area (Å²) in [5, 5.41) is 2.87. The molecule has 0 saturated carbocycles. The first-order valence-electron chi connectivity index (χ1n) is 9.95. The number of sulfonamides is 1. The van der Waals surface area contributed by atoms with Gasteiger partial charge in [-0.25, -0.2) is 8.42 Å². The number of aryl methyl sites for hydroxylation is 3. The maximum atomic E-state index is 12.6. The number of methoxy groups -OCH3 is 1. The molecule has 8 heteroatoms. The van der Waals surface area contributed by atoms with Crippen LogP contribution < -0.4 is 19.5 Å². The highest BCUT2D eigenvalue weighted by Gasteiger charge is 2.15. The van der Waals surface area contributed by atoms with Crippen molar-refractivity contribution in [1.82, 2.24) is 0 Å². The Morgan fingerprint density at radius 3 is 2.19 bits per heavy atom. The normalized spacial score (nSPS) is 11.0. The van der Waals surface area contributed by atoms with E-state index in [4.69, 9.17) is 9.47 Å². The van der Waals surface area contributed by atoms with Gasteiger partial charge in [0.05, 0.1) is 17.7 Å². The molecule has 0 aliphatic carbocycles. The molecule has 0 aliphatic heterocycles. The number of anilines is 2. The average molecular weight is 455 g/mol. The zero-order valence-electron chi connectivity index (χ0n) is 18.4. The number of carbonyl (C=O) groups is 1. The fourth-order valence-corrected chi connectivity index (χ4v) is 4.37. The van der Waals surface area contributed by atoms with E-state index in [-0.39, 0.29) is 17.4 Å². The zero-order valence-corrected chi connectivity index (χ0v) is 19.2. The summed E-state index contributed by atoms with van der Waals surface area (Å²) in [6, 6.07) is 16.5.